The second kappa shape index (κ2) is 4.59. The summed E-state index contributed by atoms with van der Waals surface area (Å²) in [5.41, 5.74) is -0.260. The van der Waals surface area contributed by atoms with Crippen LogP contribution in [0.4, 0.5) is 8.78 Å². The molecule has 76 valence electrons. The topological polar surface area (TPSA) is 63.1 Å². The standard InChI is InChI=1S/C8H8F2N2O2/c9-8(10)5-3-11-6(12-4-5)1-2-7(13)14/h3-4,8H,1-2H2,(H,13,14). The summed E-state index contributed by atoms with van der Waals surface area (Å²) in [6.07, 6.45) is -0.528. The molecule has 0 aromatic carbocycles. The first-order chi connectivity index (χ1) is 6.59. The minimum Gasteiger partial charge on any atom is -0.481 e. The average Bonchev–Trinajstić information content (AvgIpc) is 2.15. The number of aliphatic carboxylic acids is 1. The molecular formula is C8H8F2N2O2. The Morgan fingerprint density at radius 1 is 1.43 bits per heavy atom. The number of hydrogen-bond acceptors (Lipinski definition) is 3. The highest BCUT2D eigenvalue weighted by Gasteiger charge is 2.08. The molecule has 0 saturated heterocycles. The first kappa shape index (κ1) is 10.5. The van der Waals surface area contributed by atoms with Gasteiger partial charge in [0.15, 0.2) is 0 Å². The maximum atomic E-state index is 12.0. The van der Waals surface area contributed by atoms with Crippen molar-refractivity contribution in [3.8, 4) is 0 Å². The number of halogens is 2. The maximum Gasteiger partial charge on any atom is 0.303 e. The minimum atomic E-state index is -2.59. The summed E-state index contributed by atoms with van der Waals surface area (Å²) in [5, 5.41) is 8.34. The summed E-state index contributed by atoms with van der Waals surface area (Å²) in [4.78, 5) is 17.4. The molecule has 0 aliphatic rings. The van der Waals surface area contributed by atoms with Gasteiger partial charge in [-0.3, -0.25) is 4.79 Å². The van der Waals surface area contributed by atoms with E-state index < -0.39 is 12.4 Å². The van der Waals surface area contributed by atoms with Crippen molar-refractivity contribution in [3.05, 3.63) is 23.8 Å². The number of nitrogens with zero attached hydrogens (tertiary/aromatic N) is 2. The van der Waals surface area contributed by atoms with E-state index in [1.807, 2.05) is 0 Å². The molecule has 1 rings (SSSR count). The number of carboxylic acids is 1. The van der Waals surface area contributed by atoms with E-state index in [1.54, 1.807) is 0 Å². The van der Waals surface area contributed by atoms with Gasteiger partial charge in [-0.15, -0.1) is 0 Å². The van der Waals surface area contributed by atoms with Crippen LogP contribution in [0.15, 0.2) is 12.4 Å². The monoisotopic (exact) mass is 202 g/mol. The van der Waals surface area contributed by atoms with Gasteiger partial charge in [0.25, 0.3) is 6.43 Å². The number of carbonyl (C=O) groups is 1. The Labute approximate surface area is 78.6 Å². The molecule has 1 aromatic heterocycles. The van der Waals surface area contributed by atoms with E-state index in [9.17, 15) is 13.6 Å². The molecule has 0 aliphatic heterocycles. The fourth-order valence-corrected chi connectivity index (χ4v) is 0.825. The molecule has 14 heavy (non-hydrogen) atoms. The van der Waals surface area contributed by atoms with Crippen LogP contribution in [0.2, 0.25) is 0 Å². The van der Waals surface area contributed by atoms with Gasteiger partial charge in [0, 0.05) is 18.8 Å². The first-order valence-electron chi connectivity index (χ1n) is 3.90. The Bertz CT molecular complexity index is 314. The largest absolute Gasteiger partial charge is 0.481 e. The second-order valence-electron chi connectivity index (χ2n) is 2.63. The van der Waals surface area contributed by atoms with E-state index >= 15 is 0 Å². The summed E-state index contributed by atoms with van der Waals surface area (Å²) >= 11 is 0. The fraction of sp³-hybridized carbons (Fsp3) is 0.375. The van der Waals surface area contributed by atoms with E-state index in [-0.39, 0.29) is 24.2 Å². The van der Waals surface area contributed by atoms with Crippen molar-refractivity contribution in [1.82, 2.24) is 9.97 Å². The SMILES string of the molecule is O=C(O)CCc1ncc(C(F)F)cn1. The van der Waals surface area contributed by atoms with Crippen molar-refractivity contribution >= 4 is 5.97 Å². The summed E-state index contributed by atoms with van der Waals surface area (Å²) in [7, 11) is 0. The van der Waals surface area contributed by atoms with Gasteiger partial charge >= 0.3 is 5.97 Å². The third kappa shape index (κ3) is 3.04. The number of aromatic nitrogens is 2. The summed E-state index contributed by atoms with van der Waals surface area (Å²) in [6.45, 7) is 0. The van der Waals surface area contributed by atoms with Crippen LogP contribution < -0.4 is 0 Å². The zero-order valence-electron chi connectivity index (χ0n) is 7.15. The van der Waals surface area contributed by atoms with Crippen molar-refractivity contribution < 1.29 is 18.7 Å². The summed E-state index contributed by atoms with van der Waals surface area (Å²) in [6, 6.07) is 0. The fourth-order valence-electron chi connectivity index (χ4n) is 0.825. The van der Waals surface area contributed by atoms with E-state index in [4.69, 9.17) is 5.11 Å². The molecule has 0 unspecified atom stereocenters. The molecule has 0 amide bonds. The third-order valence-corrected chi connectivity index (χ3v) is 1.54. The number of aryl methyl sites for hydroxylation is 1. The van der Waals surface area contributed by atoms with Crippen molar-refractivity contribution in [1.29, 1.82) is 0 Å². The molecule has 1 heterocycles. The molecule has 0 atom stereocenters. The van der Waals surface area contributed by atoms with Gasteiger partial charge < -0.3 is 5.11 Å². The number of hydrogen-bond donors (Lipinski definition) is 1. The molecule has 0 fully saturated rings. The van der Waals surface area contributed by atoms with Crippen LogP contribution in [-0.2, 0) is 11.2 Å². The van der Waals surface area contributed by atoms with Crippen LogP contribution >= 0.6 is 0 Å². The lowest BCUT2D eigenvalue weighted by Crippen LogP contribution is -2.02. The molecule has 1 N–H and O–H groups in total. The highest BCUT2D eigenvalue weighted by molar-refractivity contribution is 5.66. The molecule has 4 nitrogen and oxygen atoms in total. The molecule has 6 heteroatoms. The van der Waals surface area contributed by atoms with Gasteiger partial charge in [-0.25, -0.2) is 18.7 Å². The van der Waals surface area contributed by atoms with E-state index in [0.29, 0.717) is 0 Å². The average molecular weight is 202 g/mol. The molecule has 0 radical (unpaired) electrons. The molecule has 0 aliphatic carbocycles. The van der Waals surface area contributed by atoms with Crippen LogP contribution in [0.5, 0.6) is 0 Å². The van der Waals surface area contributed by atoms with E-state index in [1.165, 1.54) is 0 Å². The van der Waals surface area contributed by atoms with Gasteiger partial charge in [-0.2, -0.15) is 0 Å². The molecule has 0 bridgehead atoms. The molecule has 0 spiro atoms. The lowest BCUT2D eigenvalue weighted by molar-refractivity contribution is -0.137. The Hall–Kier alpha value is -1.59. The Morgan fingerprint density at radius 3 is 2.43 bits per heavy atom. The summed E-state index contributed by atoms with van der Waals surface area (Å²) in [5.74, 6) is -0.705. The molecular weight excluding hydrogens is 194 g/mol. The highest BCUT2D eigenvalue weighted by atomic mass is 19.3. The lowest BCUT2D eigenvalue weighted by atomic mass is 10.3. The normalized spacial score (nSPS) is 10.5. The van der Waals surface area contributed by atoms with Crippen LogP contribution in [0.25, 0.3) is 0 Å². The smallest absolute Gasteiger partial charge is 0.303 e. The van der Waals surface area contributed by atoms with Gasteiger partial charge in [-0.1, -0.05) is 0 Å². The highest BCUT2D eigenvalue weighted by Crippen LogP contribution is 2.15. The number of alkyl halides is 2. The number of rotatable bonds is 4. The third-order valence-electron chi connectivity index (χ3n) is 1.54. The minimum absolute atomic E-state index is 0.103. The van der Waals surface area contributed by atoms with Crippen LogP contribution in [0.3, 0.4) is 0 Å². The van der Waals surface area contributed by atoms with Crippen molar-refractivity contribution in [2.24, 2.45) is 0 Å². The Kier molecular flexibility index (Phi) is 3.44. The second-order valence-corrected chi connectivity index (χ2v) is 2.63. The Balaban J connectivity index is 2.59. The van der Waals surface area contributed by atoms with Gasteiger partial charge in [0.2, 0.25) is 0 Å². The zero-order valence-corrected chi connectivity index (χ0v) is 7.15. The van der Waals surface area contributed by atoms with Crippen LogP contribution in [0.1, 0.15) is 24.2 Å². The number of carboxylic acid groups (broad SMARTS) is 1. The predicted molar refractivity (Wildman–Crippen MR) is 42.9 cm³/mol. The lowest BCUT2D eigenvalue weighted by Gasteiger charge is -1.99. The van der Waals surface area contributed by atoms with Crippen LogP contribution in [0, 0.1) is 0 Å². The van der Waals surface area contributed by atoms with Crippen molar-refractivity contribution in [2.45, 2.75) is 19.3 Å². The van der Waals surface area contributed by atoms with E-state index in [0.717, 1.165) is 12.4 Å². The van der Waals surface area contributed by atoms with Crippen LogP contribution in [-0.4, -0.2) is 21.0 Å². The van der Waals surface area contributed by atoms with Gasteiger partial charge in [0.05, 0.1) is 12.0 Å². The molecule has 1 aromatic rings. The molecule has 0 saturated carbocycles. The predicted octanol–water partition coefficient (Wildman–Crippen LogP) is 1.43. The quantitative estimate of drug-likeness (QED) is 0.802. The maximum absolute atomic E-state index is 12.0. The van der Waals surface area contributed by atoms with Gasteiger partial charge in [-0.05, 0) is 0 Å². The Morgan fingerprint density at radius 2 is 2.00 bits per heavy atom. The van der Waals surface area contributed by atoms with Crippen molar-refractivity contribution in [3.63, 3.8) is 0 Å². The zero-order chi connectivity index (χ0) is 10.6. The van der Waals surface area contributed by atoms with Gasteiger partial charge in [0.1, 0.15) is 5.82 Å². The summed E-state index contributed by atoms with van der Waals surface area (Å²) < 4.78 is 24.1. The van der Waals surface area contributed by atoms with Crippen molar-refractivity contribution in [2.75, 3.05) is 0 Å². The van der Waals surface area contributed by atoms with E-state index in [2.05, 4.69) is 9.97 Å². The first-order valence-corrected chi connectivity index (χ1v) is 3.90.